The fourth-order valence-electron chi connectivity index (χ4n) is 4.05. The number of rotatable bonds is 3. The number of anilines is 2. The van der Waals surface area contributed by atoms with Crippen LogP contribution in [0, 0.1) is 0 Å². The Bertz CT molecular complexity index is 983. The lowest BCUT2D eigenvalue weighted by Crippen LogP contribution is -2.47. The van der Waals surface area contributed by atoms with Crippen LogP contribution in [0.3, 0.4) is 0 Å². The summed E-state index contributed by atoms with van der Waals surface area (Å²) in [5, 5.41) is 9.84. The molecule has 0 spiro atoms. The van der Waals surface area contributed by atoms with Gasteiger partial charge in [0.1, 0.15) is 6.33 Å². The highest BCUT2D eigenvalue weighted by Gasteiger charge is 2.21. The van der Waals surface area contributed by atoms with Gasteiger partial charge in [-0.15, -0.1) is 5.10 Å². The van der Waals surface area contributed by atoms with Gasteiger partial charge < -0.3 is 14.5 Å². The first-order chi connectivity index (χ1) is 13.3. The smallest absolute Gasteiger partial charge is 0.224 e. The molecule has 7 heteroatoms. The summed E-state index contributed by atoms with van der Waals surface area (Å²) in [5.74, 6) is 1.64. The van der Waals surface area contributed by atoms with E-state index in [1.807, 2.05) is 6.07 Å². The van der Waals surface area contributed by atoms with Crippen molar-refractivity contribution in [1.82, 2.24) is 20.2 Å². The van der Waals surface area contributed by atoms with E-state index in [9.17, 15) is 0 Å². The van der Waals surface area contributed by atoms with Crippen molar-refractivity contribution in [3.8, 4) is 5.88 Å². The molecule has 0 radical (unpaired) electrons. The monoisotopic (exact) mass is 362 g/mol. The SMILES string of the molecule is COc1ncnc2ccc(N3CCN(c4cc5c(nn4)CCC5)CC3)cc12. The van der Waals surface area contributed by atoms with Gasteiger partial charge in [-0.2, -0.15) is 5.10 Å². The molecule has 3 aromatic rings. The van der Waals surface area contributed by atoms with Gasteiger partial charge in [-0.3, -0.25) is 0 Å². The third kappa shape index (κ3) is 2.93. The van der Waals surface area contributed by atoms with Crippen LogP contribution in [0.2, 0.25) is 0 Å². The second kappa shape index (κ2) is 6.64. The maximum Gasteiger partial charge on any atom is 0.224 e. The molecule has 138 valence electrons. The number of piperazine rings is 1. The van der Waals surface area contributed by atoms with E-state index >= 15 is 0 Å². The number of methoxy groups -OCH3 is 1. The summed E-state index contributed by atoms with van der Waals surface area (Å²) in [5.41, 5.74) is 4.64. The Morgan fingerprint density at radius 1 is 0.926 bits per heavy atom. The molecule has 0 amide bonds. The average Bonchev–Trinajstić information content (AvgIpc) is 3.21. The van der Waals surface area contributed by atoms with Crippen molar-refractivity contribution in [2.24, 2.45) is 0 Å². The van der Waals surface area contributed by atoms with E-state index in [1.54, 1.807) is 7.11 Å². The van der Waals surface area contributed by atoms with Gasteiger partial charge in [-0.05, 0) is 49.1 Å². The zero-order valence-corrected chi connectivity index (χ0v) is 15.4. The first-order valence-corrected chi connectivity index (χ1v) is 9.46. The van der Waals surface area contributed by atoms with Crippen LogP contribution in [-0.2, 0) is 12.8 Å². The summed E-state index contributed by atoms with van der Waals surface area (Å²) in [6.45, 7) is 3.77. The number of hydrogen-bond acceptors (Lipinski definition) is 7. The van der Waals surface area contributed by atoms with Crippen LogP contribution in [-0.4, -0.2) is 53.5 Å². The lowest BCUT2D eigenvalue weighted by atomic mass is 10.1. The Balaban J connectivity index is 1.34. The number of ether oxygens (including phenoxy) is 1. The minimum Gasteiger partial charge on any atom is -0.480 e. The van der Waals surface area contributed by atoms with Gasteiger partial charge in [0, 0.05) is 31.9 Å². The largest absolute Gasteiger partial charge is 0.480 e. The van der Waals surface area contributed by atoms with Gasteiger partial charge in [0.05, 0.1) is 23.7 Å². The second-order valence-corrected chi connectivity index (χ2v) is 7.09. The molecule has 0 N–H and O–H groups in total. The number of aromatic nitrogens is 4. The van der Waals surface area contributed by atoms with Gasteiger partial charge >= 0.3 is 0 Å². The molecule has 0 saturated carbocycles. The van der Waals surface area contributed by atoms with Crippen molar-refractivity contribution in [3.63, 3.8) is 0 Å². The Morgan fingerprint density at radius 3 is 2.63 bits per heavy atom. The van der Waals surface area contributed by atoms with Crippen molar-refractivity contribution in [1.29, 1.82) is 0 Å². The van der Waals surface area contributed by atoms with Crippen LogP contribution in [0.1, 0.15) is 17.7 Å². The molecule has 0 bridgehead atoms. The molecule has 0 unspecified atom stereocenters. The lowest BCUT2D eigenvalue weighted by Gasteiger charge is -2.36. The fourth-order valence-corrected chi connectivity index (χ4v) is 4.05. The van der Waals surface area contributed by atoms with Crippen LogP contribution in [0.5, 0.6) is 5.88 Å². The Kier molecular flexibility index (Phi) is 3.99. The molecule has 1 fully saturated rings. The molecular formula is C20H22N6O. The number of aryl methyl sites for hydroxylation is 2. The van der Waals surface area contributed by atoms with Crippen LogP contribution >= 0.6 is 0 Å². The van der Waals surface area contributed by atoms with E-state index in [2.05, 4.69) is 48.2 Å². The molecule has 1 aliphatic carbocycles. The molecular weight excluding hydrogens is 340 g/mol. The molecule has 2 aliphatic rings. The van der Waals surface area contributed by atoms with Crippen molar-refractivity contribution in [2.45, 2.75) is 19.3 Å². The quantitative estimate of drug-likeness (QED) is 0.708. The first-order valence-electron chi connectivity index (χ1n) is 9.46. The molecule has 3 heterocycles. The second-order valence-electron chi connectivity index (χ2n) is 7.09. The molecule has 27 heavy (non-hydrogen) atoms. The highest BCUT2D eigenvalue weighted by molar-refractivity contribution is 5.86. The Morgan fingerprint density at radius 2 is 1.78 bits per heavy atom. The van der Waals surface area contributed by atoms with E-state index in [0.29, 0.717) is 5.88 Å². The minimum atomic E-state index is 0.619. The van der Waals surface area contributed by atoms with Crippen molar-refractivity contribution >= 4 is 22.4 Å². The Labute approximate surface area is 158 Å². The maximum atomic E-state index is 5.39. The third-order valence-electron chi connectivity index (χ3n) is 5.55. The summed E-state index contributed by atoms with van der Waals surface area (Å²) < 4.78 is 5.39. The zero-order chi connectivity index (χ0) is 18.2. The van der Waals surface area contributed by atoms with Gasteiger partial charge in [0.15, 0.2) is 5.82 Å². The standard InChI is InChI=1S/C20H22N6O/c1-27-20-16-12-15(5-6-18(16)21-13-22-20)25-7-9-26(10-8-25)19-11-14-3-2-4-17(14)23-24-19/h5-6,11-13H,2-4,7-10H2,1H3. The average molecular weight is 362 g/mol. The number of hydrogen-bond donors (Lipinski definition) is 0. The molecule has 1 aliphatic heterocycles. The zero-order valence-electron chi connectivity index (χ0n) is 15.4. The molecule has 1 saturated heterocycles. The normalized spacial score (nSPS) is 16.6. The highest BCUT2D eigenvalue weighted by atomic mass is 16.5. The fraction of sp³-hybridized carbons (Fsp3) is 0.400. The minimum absolute atomic E-state index is 0.619. The van der Waals surface area contributed by atoms with Gasteiger partial charge in [-0.1, -0.05) is 0 Å². The van der Waals surface area contributed by atoms with E-state index in [-0.39, 0.29) is 0 Å². The maximum absolute atomic E-state index is 5.39. The van der Waals surface area contributed by atoms with Crippen LogP contribution in [0.4, 0.5) is 11.5 Å². The third-order valence-corrected chi connectivity index (χ3v) is 5.55. The number of benzene rings is 1. The van der Waals surface area contributed by atoms with Crippen molar-refractivity contribution in [2.75, 3.05) is 43.1 Å². The number of fused-ring (bicyclic) bond motifs is 2. The van der Waals surface area contributed by atoms with E-state index in [1.165, 1.54) is 29.7 Å². The summed E-state index contributed by atoms with van der Waals surface area (Å²) >= 11 is 0. The van der Waals surface area contributed by atoms with Gasteiger partial charge in [-0.25, -0.2) is 9.97 Å². The number of nitrogens with zero attached hydrogens (tertiary/aromatic N) is 6. The van der Waals surface area contributed by atoms with E-state index in [0.717, 1.165) is 55.7 Å². The molecule has 0 atom stereocenters. The van der Waals surface area contributed by atoms with Crippen LogP contribution < -0.4 is 14.5 Å². The topological polar surface area (TPSA) is 67.3 Å². The molecule has 2 aromatic heterocycles. The Hall–Kier alpha value is -2.96. The first kappa shape index (κ1) is 16.2. The predicted molar refractivity (Wildman–Crippen MR) is 105 cm³/mol. The van der Waals surface area contributed by atoms with E-state index in [4.69, 9.17) is 4.74 Å². The molecule has 1 aromatic carbocycles. The summed E-state index contributed by atoms with van der Waals surface area (Å²) in [4.78, 5) is 13.3. The molecule has 5 rings (SSSR count). The van der Waals surface area contributed by atoms with Gasteiger partial charge in [0.2, 0.25) is 5.88 Å². The van der Waals surface area contributed by atoms with Crippen LogP contribution in [0.25, 0.3) is 10.9 Å². The predicted octanol–water partition coefficient (Wildman–Crippen LogP) is 2.24. The van der Waals surface area contributed by atoms with Crippen LogP contribution in [0.15, 0.2) is 30.6 Å². The van der Waals surface area contributed by atoms with Crippen molar-refractivity contribution in [3.05, 3.63) is 41.9 Å². The highest BCUT2D eigenvalue weighted by Crippen LogP contribution is 2.28. The van der Waals surface area contributed by atoms with Gasteiger partial charge in [0.25, 0.3) is 0 Å². The lowest BCUT2D eigenvalue weighted by molar-refractivity contribution is 0.402. The summed E-state index contributed by atoms with van der Waals surface area (Å²) in [6, 6.07) is 8.52. The molecule has 7 nitrogen and oxygen atoms in total. The summed E-state index contributed by atoms with van der Waals surface area (Å²) in [7, 11) is 1.64. The summed E-state index contributed by atoms with van der Waals surface area (Å²) in [6.07, 6.45) is 4.96. The van der Waals surface area contributed by atoms with Crippen molar-refractivity contribution < 1.29 is 4.74 Å². The van der Waals surface area contributed by atoms with E-state index < -0.39 is 0 Å².